The molecule has 0 bridgehead atoms. The van der Waals surface area contributed by atoms with Crippen molar-refractivity contribution in [2.24, 2.45) is 0 Å². The topological polar surface area (TPSA) is 79.7 Å². The molecule has 0 N–H and O–H groups in total. The van der Waals surface area contributed by atoms with E-state index in [9.17, 15) is 9.59 Å². The summed E-state index contributed by atoms with van der Waals surface area (Å²) in [6.07, 6.45) is 0.479. The number of ether oxygens (including phenoxy) is 3. The summed E-state index contributed by atoms with van der Waals surface area (Å²) >= 11 is 0. The van der Waals surface area contributed by atoms with Crippen molar-refractivity contribution in [1.29, 1.82) is 0 Å². The van der Waals surface area contributed by atoms with Gasteiger partial charge >= 0.3 is 5.97 Å². The number of carbonyl (C=O) groups excluding carboxylic acids is 1. The van der Waals surface area contributed by atoms with Crippen molar-refractivity contribution in [3.63, 3.8) is 0 Å². The van der Waals surface area contributed by atoms with Crippen LogP contribution in [0.2, 0.25) is 0 Å². The standard InChI is InChI=1S/C25H30N2O5/c1-4-23-26-21-10-8-7-9-20(21)24(28)27(23)15-16-32-19-13-11-18(12-14-19)17-22(30-5-2)25(29)31-6-3/h7-14,22H,4-6,15-17H2,1-3H3. The number of esters is 1. The van der Waals surface area contributed by atoms with Crippen LogP contribution in [0.1, 0.15) is 32.2 Å². The lowest BCUT2D eigenvalue weighted by atomic mass is 10.1. The maximum atomic E-state index is 12.9. The summed E-state index contributed by atoms with van der Waals surface area (Å²) in [5, 5.41) is 0.611. The highest BCUT2D eigenvalue weighted by Gasteiger charge is 2.20. The molecule has 7 heteroatoms. The molecular formula is C25H30N2O5. The van der Waals surface area contributed by atoms with Gasteiger partial charge in [-0.3, -0.25) is 9.36 Å². The highest BCUT2D eigenvalue weighted by atomic mass is 16.6. The van der Waals surface area contributed by atoms with Gasteiger partial charge in [-0.1, -0.05) is 31.2 Å². The predicted octanol–water partition coefficient (Wildman–Crippen LogP) is 3.55. The van der Waals surface area contributed by atoms with E-state index in [1.165, 1.54) is 0 Å². The van der Waals surface area contributed by atoms with Gasteiger partial charge in [-0.15, -0.1) is 0 Å². The van der Waals surface area contributed by atoms with E-state index in [1.54, 1.807) is 17.6 Å². The Bertz CT molecular complexity index is 1090. The molecule has 0 saturated carbocycles. The summed E-state index contributed by atoms with van der Waals surface area (Å²) in [6, 6.07) is 14.9. The maximum Gasteiger partial charge on any atom is 0.335 e. The van der Waals surface area contributed by atoms with Crippen molar-refractivity contribution < 1.29 is 19.0 Å². The summed E-state index contributed by atoms with van der Waals surface area (Å²) in [5.41, 5.74) is 1.62. The molecule has 0 aliphatic rings. The lowest BCUT2D eigenvalue weighted by molar-refractivity contribution is -0.156. The van der Waals surface area contributed by atoms with E-state index >= 15 is 0 Å². The highest BCUT2D eigenvalue weighted by Crippen LogP contribution is 2.15. The first-order valence-corrected chi connectivity index (χ1v) is 11.1. The Labute approximate surface area is 187 Å². The number of hydrogen-bond acceptors (Lipinski definition) is 6. The summed E-state index contributed by atoms with van der Waals surface area (Å²) in [7, 11) is 0. The van der Waals surface area contributed by atoms with E-state index in [1.807, 2.05) is 56.3 Å². The molecule has 0 aliphatic heterocycles. The average Bonchev–Trinajstić information content (AvgIpc) is 2.81. The van der Waals surface area contributed by atoms with Gasteiger partial charge in [0.2, 0.25) is 0 Å². The van der Waals surface area contributed by atoms with Gasteiger partial charge in [0.05, 0.1) is 24.1 Å². The molecule has 0 spiro atoms. The number of para-hydroxylation sites is 1. The van der Waals surface area contributed by atoms with Gasteiger partial charge in [-0.2, -0.15) is 0 Å². The molecule has 0 fully saturated rings. The van der Waals surface area contributed by atoms with Crippen LogP contribution in [-0.4, -0.2) is 41.4 Å². The SMILES string of the molecule is CCOC(=O)C(Cc1ccc(OCCn2c(CC)nc3ccccc3c2=O)cc1)OCC. The Balaban J connectivity index is 1.63. The predicted molar refractivity (Wildman–Crippen MR) is 123 cm³/mol. The third-order valence-electron chi connectivity index (χ3n) is 5.10. The van der Waals surface area contributed by atoms with Gasteiger partial charge < -0.3 is 14.2 Å². The van der Waals surface area contributed by atoms with Crippen LogP contribution in [0.5, 0.6) is 5.75 Å². The van der Waals surface area contributed by atoms with Crippen molar-refractivity contribution >= 4 is 16.9 Å². The Morgan fingerprint density at radius 3 is 2.47 bits per heavy atom. The molecule has 1 atom stereocenters. The van der Waals surface area contributed by atoms with Crippen molar-refractivity contribution in [2.75, 3.05) is 19.8 Å². The third-order valence-corrected chi connectivity index (χ3v) is 5.10. The van der Waals surface area contributed by atoms with Crippen LogP contribution in [0.3, 0.4) is 0 Å². The van der Waals surface area contributed by atoms with E-state index in [0.717, 1.165) is 16.9 Å². The number of nitrogens with zero attached hydrogens (tertiary/aromatic N) is 2. The number of hydrogen-bond donors (Lipinski definition) is 0. The van der Waals surface area contributed by atoms with E-state index in [2.05, 4.69) is 4.98 Å². The zero-order chi connectivity index (χ0) is 22.9. The fraction of sp³-hybridized carbons (Fsp3) is 0.400. The number of aryl methyl sites for hydroxylation is 1. The summed E-state index contributed by atoms with van der Waals surface area (Å²) in [6.45, 7) is 7.13. The van der Waals surface area contributed by atoms with Gasteiger partial charge in [0.15, 0.2) is 6.10 Å². The van der Waals surface area contributed by atoms with Gasteiger partial charge in [-0.25, -0.2) is 9.78 Å². The van der Waals surface area contributed by atoms with E-state index in [4.69, 9.17) is 14.2 Å². The maximum absolute atomic E-state index is 12.9. The third kappa shape index (κ3) is 5.73. The van der Waals surface area contributed by atoms with E-state index in [-0.39, 0.29) is 11.5 Å². The molecule has 1 aromatic heterocycles. The monoisotopic (exact) mass is 438 g/mol. The smallest absolute Gasteiger partial charge is 0.335 e. The lowest BCUT2D eigenvalue weighted by Crippen LogP contribution is -2.29. The molecule has 32 heavy (non-hydrogen) atoms. The molecule has 1 heterocycles. The van der Waals surface area contributed by atoms with Crippen molar-refractivity contribution in [3.8, 4) is 5.75 Å². The minimum atomic E-state index is -0.619. The Morgan fingerprint density at radius 2 is 1.78 bits per heavy atom. The van der Waals surface area contributed by atoms with Crippen LogP contribution in [0.15, 0.2) is 53.3 Å². The van der Waals surface area contributed by atoms with Crippen LogP contribution >= 0.6 is 0 Å². The van der Waals surface area contributed by atoms with Gasteiger partial charge in [0.1, 0.15) is 18.2 Å². The average molecular weight is 439 g/mol. The Kier molecular flexibility index (Phi) is 8.39. The number of benzene rings is 2. The second kappa shape index (κ2) is 11.4. The Morgan fingerprint density at radius 1 is 1.03 bits per heavy atom. The lowest BCUT2D eigenvalue weighted by Gasteiger charge is -2.16. The van der Waals surface area contributed by atoms with Gasteiger partial charge in [-0.05, 0) is 43.7 Å². The van der Waals surface area contributed by atoms with Crippen LogP contribution in [-0.2, 0) is 33.7 Å². The molecule has 2 aromatic carbocycles. The Hall–Kier alpha value is -3.19. The van der Waals surface area contributed by atoms with Crippen molar-refractivity contribution in [1.82, 2.24) is 9.55 Å². The number of aromatic nitrogens is 2. The van der Waals surface area contributed by atoms with E-state index < -0.39 is 6.10 Å². The molecule has 3 aromatic rings. The first-order valence-electron chi connectivity index (χ1n) is 11.1. The summed E-state index contributed by atoms with van der Waals surface area (Å²) < 4.78 is 18.1. The fourth-order valence-electron chi connectivity index (χ4n) is 3.55. The van der Waals surface area contributed by atoms with Crippen molar-refractivity contribution in [3.05, 3.63) is 70.3 Å². The summed E-state index contributed by atoms with van der Waals surface area (Å²) in [5.74, 6) is 1.09. The molecule has 7 nitrogen and oxygen atoms in total. The number of fused-ring (bicyclic) bond motifs is 1. The molecule has 0 amide bonds. The number of rotatable bonds is 11. The molecule has 1 unspecified atom stereocenters. The zero-order valence-electron chi connectivity index (χ0n) is 18.9. The first-order chi connectivity index (χ1) is 15.6. The summed E-state index contributed by atoms with van der Waals surface area (Å²) in [4.78, 5) is 29.5. The zero-order valence-corrected chi connectivity index (χ0v) is 18.9. The number of carbonyl (C=O) groups is 1. The molecule has 170 valence electrons. The van der Waals surface area contributed by atoms with Crippen LogP contribution < -0.4 is 10.3 Å². The quantitative estimate of drug-likeness (QED) is 0.426. The van der Waals surface area contributed by atoms with Crippen LogP contribution in [0.25, 0.3) is 10.9 Å². The normalized spacial score (nSPS) is 12.0. The minimum Gasteiger partial charge on any atom is -0.492 e. The highest BCUT2D eigenvalue weighted by molar-refractivity contribution is 5.77. The second-order valence-electron chi connectivity index (χ2n) is 7.25. The molecule has 3 rings (SSSR count). The van der Waals surface area contributed by atoms with E-state index in [0.29, 0.717) is 50.3 Å². The second-order valence-corrected chi connectivity index (χ2v) is 7.25. The molecule has 0 saturated heterocycles. The van der Waals surface area contributed by atoms with Gasteiger partial charge in [0, 0.05) is 19.4 Å². The molecule has 0 aliphatic carbocycles. The van der Waals surface area contributed by atoms with Crippen LogP contribution in [0, 0.1) is 0 Å². The first kappa shape index (κ1) is 23.5. The molecular weight excluding hydrogens is 408 g/mol. The largest absolute Gasteiger partial charge is 0.492 e. The van der Waals surface area contributed by atoms with Crippen LogP contribution in [0.4, 0.5) is 0 Å². The van der Waals surface area contributed by atoms with Gasteiger partial charge in [0.25, 0.3) is 5.56 Å². The fourth-order valence-corrected chi connectivity index (χ4v) is 3.55. The van der Waals surface area contributed by atoms with Crippen molar-refractivity contribution in [2.45, 2.75) is 46.3 Å². The molecule has 0 radical (unpaired) electrons. The minimum absolute atomic E-state index is 0.0488.